The Morgan fingerprint density at radius 1 is 0.694 bits per heavy atom. The summed E-state index contributed by atoms with van der Waals surface area (Å²) >= 11 is 0. The molecular weight excluding hydrogens is 478 g/mol. The third-order valence-electron chi connectivity index (χ3n) is 5.53. The topological polar surface area (TPSA) is 191 Å². The molecule has 2 rings (SSSR count). The van der Waals surface area contributed by atoms with Gasteiger partial charge < -0.3 is 25.7 Å². The Bertz CT molecular complexity index is 930. The van der Waals surface area contributed by atoms with Crippen molar-refractivity contribution in [2.45, 2.75) is 6.04 Å². The molecule has 198 valence electrons. The van der Waals surface area contributed by atoms with E-state index in [9.17, 15) is 39.3 Å². The van der Waals surface area contributed by atoms with Gasteiger partial charge in [0.05, 0.1) is 13.1 Å². The van der Waals surface area contributed by atoms with E-state index in [-0.39, 0.29) is 52.4 Å². The van der Waals surface area contributed by atoms with Crippen LogP contribution in [0.4, 0.5) is 0 Å². The van der Waals surface area contributed by atoms with Crippen molar-refractivity contribution in [2.75, 3.05) is 65.4 Å². The second kappa shape index (κ2) is 14.1. The van der Waals surface area contributed by atoms with Gasteiger partial charge in [0, 0.05) is 39.3 Å². The molecule has 1 fully saturated rings. The lowest BCUT2D eigenvalue weighted by Gasteiger charge is -2.42. The number of aliphatic carboxylic acids is 4. The predicted molar refractivity (Wildman–Crippen MR) is 124 cm³/mol. The first-order valence-electron chi connectivity index (χ1n) is 11.2. The van der Waals surface area contributed by atoms with Crippen LogP contribution in [0.3, 0.4) is 0 Å². The second-order valence-corrected chi connectivity index (χ2v) is 8.21. The Kier molecular flexibility index (Phi) is 11.2. The number of nitrogens with zero attached hydrogens (tertiary/aromatic N) is 4. The van der Waals surface area contributed by atoms with Gasteiger partial charge in [0.25, 0.3) is 0 Å². The van der Waals surface area contributed by atoms with Gasteiger partial charge in [-0.2, -0.15) is 0 Å². The molecule has 1 amide bonds. The molecule has 0 saturated carbocycles. The van der Waals surface area contributed by atoms with E-state index in [1.807, 2.05) is 0 Å². The Labute approximate surface area is 207 Å². The lowest BCUT2D eigenvalue weighted by atomic mass is 10.1. The van der Waals surface area contributed by atoms with E-state index in [0.29, 0.717) is 5.56 Å². The van der Waals surface area contributed by atoms with E-state index < -0.39 is 48.9 Å². The summed E-state index contributed by atoms with van der Waals surface area (Å²) in [4.78, 5) is 61.9. The van der Waals surface area contributed by atoms with E-state index in [2.05, 4.69) is 5.32 Å². The zero-order valence-corrected chi connectivity index (χ0v) is 19.7. The molecule has 1 aromatic rings. The van der Waals surface area contributed by atoms with Gasteiger partial charge >= 0.3 is 23.9 Å². The highest BCUT2D eigenvalue weighted by molar-refractivity contribution is 5.86. The number of benzene rings is 1. The molecule has 1 aliphatic heterocycles. The number of hydrogen-bond acceptors (Lipinski definition) is 9. The number of rotatable bonds is 11. The predicted octanol–water partition coefficient (Wildman–Crippen LogP) is -1.68. The van der Waals surface area contributed by atoms with Gasteiger partial charge in [0.2, 0.25) is 5.91 Å². The highest BCUT2D eigenvalue weighted by Gasteiger charge is 2.34. The smallest absolute Gasteiger partial charge is 0.322 e. The molecule has 1 aliphatic rings. The summed E-state index contributed by atoms with van der Waals surface area (Å²) in [6, 6.07) is 7.26. The third kappa shape index (κ3) is 9.58. The first-order chi connectivity index (χ1) is 17.1. The van der Waals surface area contributed by atoms with Crippen LogP contribution in [0.25, 0.3) is 0 Å². The molecule has 0 aromatic heterocycles. The molecule has 14 heteroatoms. The number of carbonyl (C=O) groups is 5. The molecule has 0 spiro atoms. The summed E-state index contributed by atoms with van der Waals surface area (Å²) in [5.41, 5.74) is 0.472. The van der Waals surface area contributed by atoms with Gasteiger partial charge in [-0.15, -0.1) is 0 Å². The quantitative estimate of drug-likeness (QED) is 0.227. The zero-order chi connectivity index (χ0) is 26.7. The summed E-state index contributed by atoms with van der Waals surface area (Å²) < 4.78 is 0. The highest BCUT2D eigenvalue weighted by atomic mass is 16.4. The van der Waals surface area contributed by atoms with Crippen LogP contribution in [0.5, 0.6) is 0 Å². The highest BCUT2D eigenvalue weighted by Crippen LogP contribution is 2.24. The summed E-state index contributed by atoms with van der Waals surface area (Å²) in [5.74, 6) is -5.31. The van der Waals surface area contributed by atoms with Gasteiger partial charge in [-0.1, -0.05) is 30.3 Å². The minimum Gasteiger partial charge on any atom is -0.480 e. The average Bonchev–Trinajstić information content (AvgIpc) is 2.80. The van der Waals surface area contributed by atoms with Crippen LogP contribution in [0.2, 0.25) is 0 Å². The summed E-state index contributed by atoms with van der Waals surface area (Å²) in [6.45, 7) is -0.962. The van der Waals surface area contributed by atoms with Crippen LogP contribution >= 0.6 is 0 Å². The normalized spacial score (nSPS) is 17.7. The molecule has 14 nitrogen and oxygen atoms in total. The lowest BCUT2D eigenvalue weighted by Crippen LogP contribution is -2.57. The number of hydrogen-bond donors (Lipinski definition) is 5. The molecule has 1 aromatic carbocycles. The van der Waals surface area contributed by atoms with Gasteiger partial charge in [-0.3, -0.25) is 33.8 Å². The molecule has 1 unspecified atom stereocenters. The number of hydrazine groups is 1. The van der Waals surface area contributed by atoms with E-state index >= 15 is 0 Å². The zero-order valence-electron chi connectivity index (χ0n) is 19.7. The fourth-order valence-electron chi connectivity index (χ4n) is 3.95. The Hall–Kier alpha value is -3.59. The van der Waals surface area contributed by atoms with Crippen LogP contribution < -0.4 is 5.32 Å². The van der Waals surface area contributed by atoms with Gasteiger partial charge in [0.15, 0.2) is 0 Å². The Morgan fingerprint density at radius 2 is 1.19 bits per heavy atom. The van der Waals surface area contributed by atoms with Crippen molar-refractivity contribution in [1.29, 1.82) is 0 Å². The number of carbonyl (C=O) groups excluding carboxylic acids is 1. The fourth-order valence-corrected chi connectivity index (χ4v) is 3.95. The summed E-state index contributed by atoms with van der Waals surface area (Å²) in [5, 5.41) is 42.4. The van der Waals surface area contributed by atoms with Crippen molar-refractivity contribution in [2.24, 2.45) is 0 Å². The number of nitrogens with one attached hydrogen (secondary N) is 1. The third-order valence-corrected chi connectivity index (χ3v) is 5.53. The standard InChI is InChI=1S/C22H31N5O9/c28-17(29)12-23-22(36)21(16-4-2-1-3-5-16)27-11-9-25(14-19(32)33)7-6-24(13-18(30)31)8-10-26(27)15-20(34)35/h1-5,21H,6-15H2,(H,23,36)(H,28,29)(H,30,31)(H,32,33)(H,34,35). The molecule has 1 heterocycles. The van der Waals surface area contributed by atoms with E-state index in [0.717, 1.165) is 0 Å². The van der Waals surface area contributed by atoms with Crippen LogP contribution in [0.1, 0.15) is 11.6 Å². The molecule has 5 N–H and O–H groups in total. The maximum absolute atomic E-state index is 13.2. The maximum atomic E-state index is 13.2. The minimum absolute atomic E-state index is 0.0551. The Morgan fingerprint density at radius 3 is 1.69 bits per heavy atom. The number of amides is 1. The SMILES string of the molecule is O=C(O)CNC(=O)C(c1ccccc1)N1CCN(CC(=O)O)CCN(CC(=O)O)CCN1CC(=O)O. The monoisotopic (exact) mass is 509 g/mol. The maximum Gasteiger partial charge on any atom is 0.322 e. The minimum atomic E-state index is -1.25. The molecule has 0 aliphatic carbocycles. The van der Waals surface area contributed by atoms with Gasteiger partial charge in [-0.25, -0.2) is 10.0 Å². The van der Waals surface area contributed by atoms with Crippen molar-refractivity contribution in [3.05, 3.63) is 35.9 Å². The molecule has 1 saturated heterocycles. The Balaban J connectivity index is 2.49. The van der Waals surface area contributed by atoms with E-state index in [4.69, 9.17) is 5.11 Å². The largest absolute Gasteiger partial charge is 0.480 e. The van der Waals surface area contributed by atoms with Crippen molar-refractivity contribution in [3.63, 3.8) is 0 Å². The van der Waals surface area contributed by atoms with Crippen LogP contribution in [-0.2, 0) is 24.0 Å². The summed E-state index contributed by atoms with van der Waals surface area (Å²) in [7, 11) is 0. The summed E-state index contributed by atoms with van der Waals surface area (Å²) in [6.07, 6.45) is 0. The van der Waals surface area contributed by atoms with E-state index in [1.54, 1.807) is 40.1 Å². The molecule has 0 radical (unpaired) electrons. The fraction of sp³-hybridized carbons (Fsp3) is 0.500. The molecular formula is C22H31N5O9. The lowest BCUT2D eigenvalue weighted by molar-refractivity contribution is -0.155. The first kappa shape index (κ1) is 28.6. The average molecular weight is 510 g/mol. The van der Waals surface area contributed by atoms with Crippen molar-refractivity contribution in [1.82, 2.24) is 25.1 Å². The number of carboxylic acids is 4. The van der Waals surface area contributed by atoms with Crippen LogP contribution in [0.15, 0.2) is 30.3 Å². The first-order valence-corrected chi connectivity index (χ1v) is 11.2. The van der Waals surface area contributed by atoms with E-state index in [1.165, 1.54) is 10.0 Å². The molecule has 1 atom stereocenters. The molecule has 36 heavy (non-hydrogen) atoms. The second-order valence-electron chi connectivity index (χ2n) is 8.21. The van der Waals surface area contributed by atoms with Gasteiger partial charge in [-0.05, 0) is 5.56 Å². The van der Waals surface area contributed by atoms with Crippen LogP contribution in [0, 0.1) is 0 Å². The number of carboxylic acid groups (broad SMARTS) is 4. The van der Waals surface area contributed by atoms with Crippen molar-refractivity contribution >= 4 is 29.8 Å². The van der Waals surface area contributed by atoms with Crippen molar-refractivity contribution in [3.8, 4) is 0 Å². The van der Waals surface area contributed by atoms with Crippen LogP contribution in [-0.4, -0.2) is 135 Å². The molecule has 0 bridgehead atoms. The van der Waals surface area contributed by atoms with Gasteiger partial charge in [0.1, 0.15) is 19.1 Å². The van der Waals surface area contributed by atoms with Crippen molar-refractivity contribution < 1.29 is 44.4 Å².